The van der Waals surface area contributed by atoms with Crippen LogP contribution in [0.15, 0.2) is 39.7 Å². The third-order valence-corrected chi connectivity index (χ3v) is 4.99. The van der Waals surface area contributed by atoms with Crippen LogP contribution in [0.2, 0.25) is 0 Å². The van der Waals surface area contributed by atoms with Crippen molar-refractivity contribution in [1.29, 1.82) is 0 Å². The van der Waals surface area contributed by atoms with Gasteiger partial charge in [0.15, 0.2) is 22.8 Å². The molecule has 5 rings (SSSR count). The summed E-state index contributed by atoms with van der Waals surface area (Å²) in [4.78, 5) is 34.3. The number of hydrogen-bond acceptors (Lipinski definition) is 6. The Morgan fingerprint density at radius 3 is 2.93 bits per heavy atom. The van der Waals surface area contributed by atoms with E-state index in [1.54, 1.807) is 12.1 Å². The molecule has 0 saturated carbocycles. The molecule has 1 aliphatic rings. The molecule has 1 aromatic carbocycles. The number of carbonyl (C=O) groups excluding carboxylic acids is 1. The number of pyridine rings is 1. The number of nitrogens with zero attached hydrogens (tertiary/aromatic N) is 1. The Hall–Kier alpha value is -4.08. The molecule has 0 unspecified atom stereocenters. The number of amides is 1. The molecule has 10 heteroatoms. The highest BCUT2D eigenvalue weighted by Gasteiger charge is 2.29. The number of para-hydroxylation sites is 1. The fourth-order valence-corrected chi connectivity index (χ4v) is 3.71. The van der Waals surface area contributed by atoms with Gasteiger partial charge in [-0.15, -0.1) is 0 Å². The zero-order valence-electron chi connectivity index (χ0n) is 15.8. The first-order valence-corrected chi connectivity index (χ1v) is 9.17. The van der Waals surface area contributed by atoms with Crippen LogP contribution in [0.3, 0.4) is 0 Å². The standard InChI is InChI=1S/C20H16FN5O4/c1-29-17-10(21)3-2-4-12(17)25-15-13-11(6-8-23-19(13)27)24-14(15)9-5-7-22-18-16(9)30-20(28)26-18/h2-5,7,24-25H,6,8H2,1H3,(H,23,27)(H,22,26,28). The van der Waals surface area contributed by atoms with Crippen LogP contribution in [0.1, 0.15) is 16.1 Å². The van der Waals surface area contributed by atoms with Crippen LogP contribution in [-0.2, 0) is 6.42 Å². The van der Waals surface area contributed by atoms with Crippen LogP contribution in [0.4, 0.5) is 15.8 Å². The number of halogens is 1. The van der Waals surface area contributed by atoms with Crippen molar-refractivity contribution in [2.24, 2.45) is 0 Å². The highest BCUT2D eigenvalue weighted by atomic mass is 19.1. The Balaban J connectivity index is 1.76. The van der Waals surface area contributed by atoms with Gasteiger partial charge in [0, 0.05) is 30.4 Å². The van der Waals surface area contributed by atoms with Crippen LogP contribution < -0.4 is 21.1 Å². The number of benzene rings is 1. The lowest BCUT2D eigenvalue weighted by Crippen LogP contribution is -2.31. The summed E-state index contributed by atoms with van der Waals surface area (Å²) < 4.78 is 24.7. The molecule has 152 valence electrons. The summed E-state index contributed by atoms with van der Waals surface area (Å²) in [6, 6.07) is 6.13. The minimum absolute atomic E-state index is 0.0164. The van der Waals surface area contributed by atoms with Crippen molar-refractivity contribution in [3.05, 3.63) is 58.1 Å². The Kier molecular flexibility index (Phi) is 4.05. The van der Waals surface area contributed by atoms with E-state index in [1.165, 1.54) is 25.4 Å². The quantitative estimate of drug-likeness (QED) is 0.411. The Labute approximate surface area is 168 Å². The molecular formula is C20H16FN5O4. The van der Waals surface area contributed by atoms with E-state index >= 15 is 0 Å². The van der Waals surface area contributed by atoms with Gasteiger partial charge in [0.05, 0.1) is 29.7 Å². The van der Waals surface area contributed by atoms with Crippen LogP contribution in [-0.4, -0.2) is 34.5 Å². The molecule has 0 saturated heterocycles. The minimum Gasteiger partial charge on any atom is -0.492 e. The number of rotatable bonds is 4. The van der Waals surface area contributed by atoms with E-state index in [1.807, 2.05) is 0 Å². The van der Waals surface area contributed by atoms with Crippen LogP contribution in [0, 0.1) is 5.82 Å². The van der Waals surface area contributed by atoms with Crippen molar-refractivity contribution in [2.75, 3.05) is 19.0 Å². The molecule has 30 heavy (non-hydrogen) atoms. The fraction of sp³-hybridized carbons (Fsp3) is 0.150. The van der Waals surface area contributed by atoms with E-state index in [4.69, 9.17) is 9.15 Å². The number of carbonyl (C=O) groups is 1. The number of methoxy groups -OCH3 is 1. The Bertz CT molecular complexity index is 1350. The van der Waals surface area contributed by atoms with Gasteiger partial charge in [-0.25, -0.2) is 14.2 Å². The van der Waals surface area contributed by atoms with Crippen LogP contribution in [0.5, 0.6) is 5.75 Å². The van der Waals surface area contributed by atoms with Crippen molar-refractivity contribution in [3.63, 3.8) is 0 Å². The van der Waals surface area contributed by atoms with Gasteiger partial charge in [-0.05, 0) is 18.2 Å². The highest BCUT2D eigenvalue weighted by Crippen LogP contribution is 2.40. The van der Waals surface area contributed by atoms with Crippen molar-refractivity contribution in [1.82, 2.24) is 20.3 Å². The molecule has 3 aromatic heterocycles. The summed E-state index contributed by atoms with van der Waals surface area (Å²) in [7, 11) is 1.37. The van der Waals surface area contributed by atoms with E-state index in [2.05, 4.69) is 25.6 Å². The second kappa shape index (κ2) is 6.76. The van der Waals surface area contributed by atoms with Crippen molar-refractivity contribution in [3.8, 4) is 17.0 Å². The maximum atomic E-state index is 14.2. The zero-order chi connectivity index (χ0) is 20.8. The van der Waals surface area contributed by atoms with Gasteiger partial charge in [-0.2, -0.15) is 0 Å². The third-order valence-electron chi connectivity index (χ3n) is 4.99. The Morgan fingerprint density at radius 1 is 1.23 bits per heavy atom. The van der Waals surface area contributed by atoms with E-state index in [0.29, 0.717) is 41.2 Å². The van der Waals surface area contributed by atoms with Crippen LogP contribution >= 0.6 is 0 Å². The largest absolute Gasteiger partial charge is 0.492 e. The molecule has 0 radical (unpaired) electrons. The lowest BCUT2D eigenvalue weighted by atomic mass is 10.0. The normalized spacial score (nSPS) is 13.2. The highest BCUT2D eigenvalue weighted by molar-refractivity contribution is 6.07. The molecule has 0 atom stereocenters. The molecular weight excluding hydrogens is 393 g/mol. The number of anilines is 2. The maximum absolute atomic E-state index is 14.2. The summed E-state index contributed by atoms with van der Waals surface area (Å²) in [6.45, 7) is 0.486. The van der Waals surface area contributed by atoms with Gasteiger partial charge in [0.2, 0.25) is 0 Å². The number of aromatic nitrogens is 3. The number of oxazole rings is 1. The number of aromatic amines is 2. The van der Waals surface area contributed by atoms with Crippen molar-refractivity contribution < 1.29 is 18.3 Å². The smallest absolute Gasteiger partial charge is 0.418 e. The van der Waals surface area contributed by atoms with Gasteiger partial charge < -0.3 is 24.8 Å². The number of fused-ring (bicyclic) bond motifs is 2. The number of nitrogens with one attached hydrogen (secondary N) is 4. The molecule has 1 amide bonds. The molecule has 9 nitrogen and oxygen atoms in total. The lowest BCUT2D eigenvalue weighted by molar-refractivity contribution is 0.0947. The molecule has 0 aliphatic carbocycles. The summed E-state index contributed by atoms with van der Waals surface area (Å²) in [6.07, 6.45) is 2.11. The minimum atomic E-state index is -0.639. The summed E-state index contributed by atoms with van der Waals surface area (Å²) >= 11 is 0. The zero-order valence-corrected chi connectivity index (χ0v) is 15.8. The molecule has 4 heterocycles. The van der Waals surface area contributed by atoms with Gasteiger partial charge >= 0.3 is 5.76 Å². The lowest BCUT2D eigenvalue weighted by Gasteiger charge is -2.16. The van der Waals surface area contributed by atoms with E-state index < -0.39 is 11.6 Å². The maximum Gasteiger partial charge on any atom is 0.418 e. The molecule has 1 aliphatic heterocycles. The average Bonchev–Trinajstić information content (AvgIpc) is 3.28. The predicted octanol–water partition coefficient (Wildman–Crippen LogP) is 2.69. The first-order valence-electron chi connectivity index (χ1n) is 9.17. The molecule has 0 bridgehead atoms. The second-order valence-corrected chi connectivity index (χ2v) is 6.73. The van der Waals surface area contributed by atoms with Gasteiger partial charge in [-0.3, -0.25) is 9.78 Å². The average molecular weight is 409 g/mol. The first kappa shape index (κ1) is 18.0. The molecule has 0 fully saturated rings. The van der Waals surface area contributed by atoms with E-state index in [0.717, 1.165) is 5.69 Å². The molecule has 0 spiro atoms. The summed E-state index contributed by atoms with van der Waals surface area (Å²) in [5.74, 6) is -1.43. The number of hydrogen-bond donors (Lipinski definition) is 4. The van der Waals surface area contributed by atoms with Gasteiger partial charge in [-0.1, -0.05) is 6.07 Å². The first-order chi connectivity index (χ1) is 14.6. The van der Waals surface area contributed by atoms with Crippen molar-refractivity contribution in [2.45, 2.75) is 6.42 Å². The molecule has 4 N–H and O–H groups in total. The summed E-state index contributed by atoms with van der Waals surface area (Å²) in [5, 5.41) is 5.95. The molecule has 4 aromatic rings. The van der Waals surface area contributed by atoms with Crippen molar-refractivity contribution >= 4 is 28.5 Å². The fourth-order valence-electron chi connectivity index (χ4n) is 3.71. The van der Waals surface area contributed by atoms with E-state index in [9.17, 15) is 14.0 Å². The third kappa shape index (κ3) is 2.72. The second-order valence-electron chi connectivity index (χ2n) is 6.73. The van der Waals surface area contributed by atoms with Gasteiger partial charge in [0.25, 0.3) is 5.91 Å². The number of H-pyrrole nitrogens is 2. The monoisotopic (exact) mass is 409 g/mol. The topological polar surface area (TPSA) is 125 Å². The SMILES string of the molecule is COc1c(F)cccc1Nc1c(-c2ccnc3[nH]c(=O)oc23)[nH]c2c1C(=O)NCC2. The van der Waals surface area contributed by atoms with E-state index in [-0.39, 0.29) is 22.9 Å². The predicted molar refractivity (Wildman–Crippen MR) is 107 cm³/mol. The summed E-state index contributed by atoms with van der Waals surface area (Å²) in [5.41, 5.74) is 3.46. The van der Waals surface area contributed by atoms with Gasteiger partial charge in [0.1, 0.15) is 0 Å². The number of ether oxygens (including phenoxy) is 1. The van der Waals surface area contributed by atoms with Crippen LogP contribution in [0.25, 0.3) is 22.5 Å². The Morgan fingerprint density at radius 2 is 2.10 bits per heavy atom.